The van der Waals surface area contributed by atoms with E-state index in [0.717, 1.165) is 41.1 Å². The highest BCUT2D eigenvalue weighted by Crippen LogP contribution is 2.37. The third-order valence-corrected chi connectivity index (χ3v) is 5.39. The van der Waals surface area contributed by atoms with E-state index in [2.05, 4.69) is 25.9 Å². The second-order valence-electron chi connectivity index (χ2n) is 7.24. The molecule has 0 unspecified atom stereocenters. The number of alkyl halides is 2. The van der Waals surface area contributed by atoms with Crippen LogP contribution >= 0.6 is 0 Å². The van der Waals surface area contributed by atoms with Crippen LogP contribution in [0.2, 0.25) is 0 Å². The van der Waals surface area contributed by atoms with Gasteiger partial charge in [-0.15, -0.1) is 5.10 Å². The van der Waals surface area contributed by atoms with Crippen LogP contribution < -0.4 is 0 Å². The lowest BCUT2D eigenvalue weighted by molar-refractivity contribution is -0.0472. The summed E-state index contributed by atoms with van der Waals surface area (Å²) in [6.45, 7) is 5.48. The molecule has 0 atom stereocenters. The average Bonchev–Trinajstić information content (AvgIpc) is 3.19. The first-order valence-electron chi connectivity index (χ1n) is 9.20. The normalized spacial score (nSPS) is 17.8. The first-order chi connectivity index (χ1) is 12.5. The zero-order valence-corrected chi connectivity index (χ0v) is 15.1. The third-order valence-electron chi connectivity index (χ3n) is 5.39. The standard InChI is InChI=1S/C19H23F2N5/c1-3-26-18(13(2)23-24-26)15-10-17-16(22-11-15)6-9-25(17)12-14-4-7-19(20,21)8-5-14/h6,9-11,14H,3-5,7-8,12H2,1-2H3. The number of hydrogen-bond donors (Lipinski definition) is 0. The van der Waals surface area contributed by atoms with Crippen LogP contribution in [0.25, 0.3) is 22.3 Å². The number of pyridine rings is 1. The SMILES string of the molecule is CCn1nnc(C)c1-c1cnc2ccn(CC3CCC(F)(F)CC3)c2c1. The molecular formula is C19H23F2N5. The molecule has 5 nitrogen and oxygen atoms in total. The summed E-state index contributed by atoms with van der Waals surface area (Å²) in [5.74, 6) is -2.19. The van der Waals surface area contributed by atoms with Crippen LogP contribution in [0, 0.1) is 12.8 Å². The van der Waals surface area contributed by atoms with Gasteiger partial charge >= 0.3 is 0 Å². The largest absolute Gasteiger partial charge is 0.346 e. The number of hydrogen-bond acceptors (Lipinski definition) is 3. The summed E-state index contributed by atoms with van der Waals surface area (Å²) < 4.78 is 30.8. The first kappa shape index (κ1) is 17.1. The van der Waals surface area contributed by atoms with Crippen LogP contribution in [-0.2, 0) is 13.1 Å². The van der Waals surface area contributed by atoms with Crippen molar-refractivity contribution < 1.29 is 8.78 Å². The maximum absolute atomic E-state index is 13.4. The summed E-state index contributed by atoms with van der Waals surface area (Å²) in [6, 6.07) is 4.09. The summed E-state index contributed by atoms with van der Waals surface area (Å²) in [5, 5.41) is 8.34. The number of aromatic nitrogens is 5. The molecule has 0 aliphatic heterocycles. The molecule has 3 aromatic heterocycles. The van der Waals surface area contributed by atoms with Crippen molar-refractivity contribution in [2.45, 2.75) is 58.5 Å². The lowest BCUT2D eigenvalue weighted by Crippen LogP contribution is -2.26. The summed E-state index contributed by atoms with van der Waals surface area (Å²) in [4.78, 5) is 4.58. The van der Waals surface area contributed by atoms with E-state index in [1.54, 1.807) is 0 Å². The van der Waals surface area contributed by atoms with Gasteiger partial charge in [-0.05, 0) is 44.7 Å². The van der Waals surface area contributed by atoms with Crippen LogP contribution in [0.4, 0.5) is 8.78 Å². The minimum atomic E-state index is -2.48. The molecule has 7 heteroatoms. The highest BCUT2D eigenvalue weighted by Gasteiger charge is 2.34. The Kier molecular flexibility index (Phi) is 4.25. The van der Waals surface area contributed by atoms with E-state index in [9.17, 15) is 8.78 Å². The smallest absolute Gasteiger partial charge is 0.248 e. The van der Waals surface area contributed by atoms with E-state index in [1.165, 1.54) is 0 Å². The second-order valence-corrected chi connectivity index (χ2v) is 7.24. The molecule has 3 aromatic rings. The number of halogens is 2. The Morgan fingerprint density at radius 1 is 1.27 bits per heavy atom. The third kappa shape index (κ3) is 3.10. The van der Waals surface area contributed by atoms with Crippen LogP contribution in [0.15, 0.2) is 24.5 Å². The fourth-order valence-corrected chi connectivity index (χ4v) is 3.89. The molecule has 0 saturated heterocycles. The van der Waals surface area contributed by atoms with Gasteiger partial charge in [-0.2, -0.15) is 0 Å². The predicted octanol–water partition coefficient (Wildman–Crippen LogP) is 4.45. The second kappa shape index (κ2) is 6.45. The molecule has 0 radical (unpaired) electrons. The molecule has 0 spiro atoms. The Balaban J connectivity index is 1.64. The Morgan fingerprint density at radius 2 is 2.04 bits per heavy atom. The molecule has 0 N–H and O–H groups in total. The van der Waals surface area contributed by atoms with E-state index in [0.29, 0.717) is 18.8 Å². The minimum absolute atomic E-state index is 0.000909. The molecule has 1 fully saturated rings. The van der Waals surface area contributed by atoms with Gasteiger partial charge in [-0.3, -0.25) is 4.98 Å². The van der Waals surface area contributed by atoms with Gasteiger partial charge in [0.15, 0.2) is 0 Å². The molecular weight excluding hydrogens is 336 g/mol. The molecule has 3 heterocycles. The fourth-order valence-electron chi connectivity index (χ4n) is 3.89. The van der Waals surface area contributed by atoms with E-state index >= 15 is 0 Å². The molecule has 4 rings (SSSR count). The maximum atomic E-state index is 13.4. The zero-order chi connectivity index (χ0) is 18.3. The van der Waals surface area contributed by atoms with Crippen LogP contribution in [-0.4, -0.2) is 30.5 Å². The molecule has 1 saturated carbocycles. The van der Waals surface area contributed by atoms with Crippen molar-refractivity contribution in [2.24, 2.45) is 5.92 Å². The topological polar surface area (TPSA) is 48.5 Å². The van der Waals surface area contributed by atoms with E-state index < -0.39 is 5.92 Å². The van der Waals surface area contributed by atoms with E-state index in [4.69, 9.17) is 0 Å². The Morgan fingerprint density at radius 3 is 2.77 bits per heavy atom. The quantitative estimate of drug-likeness (QED) is 0.691. The van der Waals surface area contributed by atoms with Crippen LogP contribution in [0.3, 0.4) is 0 Å². The molecule has 1 aliphatic carbocycles. The Hall–Kier alpha value is -2.31. The van der Waals surface area contributed by atoms with Gasteiger partial charge in [0, 0.05) is 43.9 Å². The van der Waals surface area contributed by atoms with Gasteiger partial charge in [-0.25, -0.2) is 13.5 Å². The van der Waals surface area contributed by atoms with Gasteiger partial charge in [-0.1, -0.05) is 5.21 Å². The summed E-state index contributed by atoms with van der Waals surface area (Å²) >= 11 is 0. The molecule has 0 bridgehead atoms. The molecule has 0 aromatic carbocycles. The highest BCUT2D eigenvalue weighted by atomic mass is 19.3. The number of rotatable bonds is 4. The Labute approximate surface area is 151 Å². The lowest BCUT2D eigenvalue weighted by atomic mass is 9.87. The van der Waals surface area contributed by atoms with Gasteiger partial charge in [0.2, 0.25) is 5.92 Å². The van der Waals surface area contributed by atoms with Gasteiger partial charge in [0.1, 0.15) is 0 Å². The molecule has 0 amide bonds. The highest BCUT2D eigenvalue weighted by molar-refractivity contribution is 5.81. The van der Waals surface area contributed by atoms with Gasteiger partial charge in [0.05, 0.1) is 22.4 Å². The van der Waals surface area contributed by atoms with Crippen molar-refractivity contribution in [2.75, 3.05) is 0 Å². The van der Waals surface area contributed by atoms with Crippen LogP contribution in [0.5, 0.6) is 0 Å². The van der Waals surface area contributed by atoms with Gasteiger partial charge in [0.25, 0.3) is 0 Å². The minimum Gasteiger partial charge on any atom is -0.346 e. The van der Waals surface area contributed by atoms with Crippen molar-refractivity contribution in [1.82, 2.24) is 24.5 Å². The predicted molar refractivity (Wildman–Crippen MR) is 96.1 cm³/mol. The summed E-state index contributed by atoms with van der Waals surface area (Å²) in [6.07, 6.45) is 5.01. The van der Waals surface area contributed by atoms with Crippen molar-refractivity contribution >= 4 is 11.0 Å². The van der Waals surface area contributed by atoms with Crippen LogP contribution in [0.1, 0.15) is 38.3 Å². The van der Waals surface area contributed by atoms with Gasteiger partial charge < -0.3 is 4.57 Å². The Bertz CT molecular complexity index is 917. The van der Waals surface area contributed by atoms with Crippen molar-refractivity contribution in [1.29, 1.82) is 0 Å². The number of fused-ring (bicyclic) bond motifs is 1. The monoisotopic (exact) mass is 359 g/mol. The maximum Gasteiger partial charge on any atom is 0.248 e. The lowest BCUT2D eigenvalue weighted by Gasteiger charge is -2.28. The van der Waals surface area contributed by atoms with E-state index in [-0.39, 0.29) is 12.8 Å². The summed E-state index contributed by atoms with van der Waals surface area (Å²) in [7, 11) is 0. The van der Waals surface area contributed by atoms with E-state index in [1.807, 2.05) is 37.0 Å². The van der Waals surface area contributed by atoms with Crippen molar-refractivity contribution in [3.05, 3.63) is 30.2 Å². The zero-order valence-electron chi connectivity index (χ0n) is 15.1. The number of aryl methyl sites for hydroxylation is 2. The van der Waals surface area contributed by atoms with Crippen molar-refractivity contribution in [3.63, 3.8) is 0 Å². The summed E-state index contributed by atoms with van der Waals surface area (Å²) in [5.41, 5.74) is 4.79. The van der Waals surface area contributed by atoms with Crippen molar-refractivity contribution in [3.8, 4) is 11.3 Å². The first-order valence-corrected chi connectivity index (χ1v) is 9.20. The molecule has 26 heavy (non-hydrogen) atoms. The average molecular weight is 359 g/mol. The fraction of sp³-hybridized carbons (Fsp3) is 0.526. The molecule has 1 aliphatic rings. The number of nitrogens with zero attached hydrogens (tertiary/aromatic N) is 5. The molecule has 138 valence electrons.